The van der Waals surface area contributed by atoms with Gasteiger partial charge in [-0.25, -0.2) is 0 Å². The van der Waals surface area contributed by atoms with E-state index >= 15 is 0 Å². The summed E-state index contributed by atoms with van der Waals surface area (Å²) in [7, 11) is 3.30. The molecule has 5 heteroatoms. The van der Waals surface area contributed by atoms with Crippen molar-refractivity contribution in [1.82, 2.24) is 4.90 Å². The molecule has 0 bridgehead atoms. The molecule has 0 radical (unpaired) electrons. The highest BCUT2D eigenvalue weighted by Gasteiger charge is 2.14. The Kier molecular flexibility index (Phi) is 4.20. The molecule has 4 nitrogen and oxygen atoms in total. The number of aliphatic carboxylic acids is 1. The SMILES string of the molecule is COc1cccc2c(C(=S)N(C)CC(=O)O)cccc12. The monoisotopic (exact) mass is 289 g/mol. The molecule has 0 saturated carbocycles. The van der Waals surface area contributed by atoms with Crippen molar-refractivity contribution in [3.63, 3.8) is 0 Å². The van der Waals surface area contributed by atoms with Gasteiger partial charge in [0.25, 0.3) is 0 Å². The van der Waals surface area contributed by atoms with E-state index in [0.717, 1.165) is 22.1 Å². The molecule has 1 N–H and O–H groups in total. The van der Waals surface area contributed by atoms with E-state index in [2.05, 4.69) is 0 Å². The van der Waals surface area contributed by atoms with Gasteiger partial charge < -0.3 is 14.7 Å². The fraction of sp³-hybridized carbons (Fsp3) is 0.200. The molecule has 0 aliphatic carbocycles. The summed E-state index contributed by atoms with van der Waals surface area (Å²) in [5, 5.41) is 10.8. The zero-order valence-corrected chi connectivity index (χ0v) is 12.1. The number of likely N-dealkylation sites (N-methyl/N-ethyl adjacent to an activating group) is 1. The van der Waals surface area contributed by atoms with Crippen molar-refractivity contribution in [1.29, 1.82) is 0 Å². The summed E-state index contributed by atoms with van der Waals surface area (Å²) in [6, 6.07) is 11.5. The van der Waals surface area contributed by atoms with E-state index in [1.807, 2.05) is 36.4 Å². The lowest BCUT2D eigenvalue weighted by Crippen LogP contribution is -2.31. The number of carbonyl (C=O) groups is 1. The van der Waals surface area contributed by atoms with E-state index in [1.165, 1.54) is 0 Å². The third kappa shape index (κ3) is 2.72. The highest BCUT2D eigenvalue weighted by Crippen LogP contribution is 2.28. The predicted molar refractivity (Wildman–Crippen MR) is 82.5 cm³/mol. The van der Waals surface area contributed by atoms with Crippen LogP contribution in [-0.2, 0) is 4.79 Å². The van der Waals surface area contributed by atoms with Crippen molar-refractivity contribution in [2.75, 3.05) is 20.7 Å². The summed E-state index contributed by atoms with van der Waals surface area (Å²) < 4.78 is 5.34. The van der Waals surface area contributed by atoms with Crippen molar-refractivity contribution in [3.8, 4) is 5.75 Å². The summed E-state index contributed by atoms with van der Waals surface area (Å²) >= 11 is 5.39. The molecule has 0 fully saturated rings. The van der Waals surface area contributed by atoms with Gasteiger partial charge in [0.2, 0.25) is 0 Å². The Morgan fingerprint density at radius 2 is 1.90 bits per heavy atom. The molecule has 0 aliphatic rings. The van der Waals surface area contributed by atoms with E-state index < -0.39 is 5.97 Å². The predicted octanol–water partition coefficient (Wildman–Crippen LogP) is 2.54. The molecular formula is C15H15NO3S. The van der Waals surface area contributed by atoms with Gasteiger partial charge in [-0.05, 0) is 11.5 Å². The molecule has 0 aromatic heterocycles. The maximum Gasteiger partial charge on any atom is 0.323 e. The van der Waals surface area contributed by atoms with Crippen molar-refractivity contribution in [2.24, 2.45) is 0 Å². The van der Waals surface area contributed by atoms with Crippen LogP contribution in [0.25, 0.3) is 10.8 Å². The number of rotatable bonds is 4. The average Bonchev–Trinajstić information content (AvgIpc) is 2.44. The molecule has 0 saturated heterocycles. The van der Waals surface area contributed by atoms with E-state index in [4.69, 9.17) is 22.1 Å². The fourth-order valence-electron chi connectivity index (χ4n) is 2.13. The molecule has 20 heavy (non-hydrogen) atoms. The lowest BCUT2D eigenvalue weighted by molar-refractivity contribution is -0.137. The van der Waals surface area contributed by atoms with Gasteiger partial charge in [0, 0.05) is 18.0 Å². The average molecular weight is 289 g/mol. The van der Waals surface area contributed by atoms with Crippen LogP contribution in [0, 0.1) is 0 Å². The Labute approximate surface area is 122 Å². The van der Waals surface area contributed by atoms with Crippen LogP contribution in [0.2, 0.25) is 0 Å². The number of thiocarbonyl (C=S) groups is 1. The Morgan fingerprint density at radius 1 is 1.25 bits per heavy atom. The number of hydrogen-bond acceptors (Lipinski definition) is 3. The number of carboxylic acid groups (broad SMARTS) is 1. The number of fused-ring (bicyclic) bond motifs is 1. The highest BCUT2D eigenvalue weighted by molar-refractivity contribution is 7.80. The van der Waals surface area contributed by atoms with Crippen LogP contribution in [0.1, 0.15) is 5.56 Å². The van der Waals surface area contributed by atoms with Crippen molar-refractivity contribution in [2.45, 2.75) is 0 Å². The minimum Gasteiger partial charge on any atom is -0.496 e. The first-order valence-electron chi connectivity index (χ1n) is 6.07. The van der Waals surface area contributed by atoms with Gasteiger partial charge in [-0.2, -0.15) is 0 Å². The van der Waals surface area contributed by atoms with Gasteiger partial charge >= 0.3 is 5.97 Å². The fourth-order valence-corrected chi connectivity index (χ4v) is 2.37. The normalized spacial score (nSPS) is 10.3. The van der Waals surface area contributed by atoms with Crippen LogP contribution in [0.15, 0.2) is 36.4 Å². The Hall–Kier alpha value is -2.14. The second kappa shape index (κ2) is 5.88. The second-order valence-corrected chi connectivity index (χ2v) is 4.80. The van der Waals surface area contributed by atoms with Crippen LogP contribution in [0.3, 0.4) is 0 Å². The van der Waals surface area contributed by atoms with Gasteiger partial charge in [-0.1, -0.05) is 42.5 Å². The quantitative estimate of drug-likeness (QED) is 0.877. The number of carboxylic acids is 1. The Morgan fingerprint density at radius 3 is 2.55 bits per heavy atom. The van der Waals surface area contributed by atoms with E-state index in [1.54, 1.807) is 19.1 Å². The molecule has 0 atom stereocenters. The minimum atomic E-state index is -0.910. The van der Waals surface area contributed by atoms with Crippen LogP contribution in [-0.4, -0.2) is 41.7 Å². The zero-order chi connectivity index (χ0) is 14.7. The number of hydrogen-bond donors (Lipinski definition) is 1. The summed E-state index contributed by atoms with van der Waals surface area (Å²) in [5.41, 5.74) is 0.833. The summed E-state index contributed by atoms with van der Waals surface area (Å²) in [6.07, 6.45) is 0. The van der Waals surface area contributed by atoms with Crippen molar-refractivity contribution >= 4 is 33.9 Å². The van der Waals surface area contributed by atoms with Crippen LogP contribution < -0.4 is 4.74 Å². The van der Waals surface area contributed by atoms with Gasteiger partial charge in [-0.15, -0.1) is 0 Å². The first-order chi connectivity index (χ1) is 9.54. The minimum absolute atomic E-state index is 0.126. The number of benzene rings is 2. The highest BCUT2D eigenvalue weighted by atomic mass is 32.1. The topological polar surface area (TPSA) is 49.8 Å². The first-order valence-corrected chi connectivity index (χ1v) is 6.48. The van der Waals surface area contributed by atoms with Crippen LogP contribution >= 0.6 is 12.2 Å². The standard InChI is InChI=1S/C15H15NO3S/c1-16(9-14(17)18)15(20)12-7-3-6-11-10(12)5-4-8-13(11)19-2/h3-8H,9H2,1-2H3,(H,17,18). The number of nitrogens with zero attached hydrogens (tertiary/aromatic N) is 1. The second-order valence-electron chi connectivity index (χ2n) is 4.42. The van der Waals surface area contributed by atoms with E-state index in [0.29, 0.717) is 4.99 Å². The van der Waals surface area contributed by atoms with Crippen LogP contribution in [0.4, 0.5) is 0 Å². The van der Waals surface area contributed by atoms with Gasteiger partial charge in [-0.3, -0.25) is 4.79 Å². The zero-order valence-electron chi connectivity index (χ0n) is 11.3. The van der Waals surface area contributed by atoms with Gasteiger partial charge in [0.15, 0.2) is 0 Å². The summed E-state index contributed by atoms with van der Waals surface area (Å²) in [4.78, 5) is 12.8. The third-order valence-electron chi connectivity index (χ3n) is 3.05. The molecule has 0 heterocycles. The smallest absolute Gasteiger partial charge is 0.323 e. The van der Waals surface area contributed by atoms with Crippen LogP contribution in [0.5, 0.6) is 5.75 Å². The molecule has 104 valence electrons. The molecule has 0 aliphatic heterocycles. The van der Waals surface area contributed by atoms with Gasteiger partial charge in [0.05, 0.1) is 7.11 Å². The lowest BCUT2D eigenvalue weighted by Gasteiger charge is -2.19. The Bertz CT molecular complexity index is 669. The first kappa shape index (κ1) is 14.3. The molecule has 2 rings (SSSR count). The molecular weight excluding hydrogens is 274 g/mol. The summed E-state index contributed by atoms with van der Waals surface area (Å²) in [6.45, 7) is -0.126. The number of ether oxygens (including phenoxy) is 1. The lowest BCUT2D eigenvalue weighted by atomic mass is 10.0. The number of methoxy groups -OCH3 is 1. The molecule has 2 aromatic carbocycles. The molecule has 0 unspecified atom stereocenters. The Balaban J connectivity index is 2.50. The largest absolute Gasteiger partial charge is 0.496 e. The maximum atomic E-state index is 10.8. The molecule has 2 aromatic rings. The third-order valence-corrected chi connectivity index (χ3v) is 3.58. The molecule has 0 spiro atoms. The van der Waals surface area contributed by atoms with E-state index in [9.17, 15) is 4.79 Å². The van der Waals surface area contributed by atoms with E-state index in [-0.39, 0.29) is 6.54 Å². The maximum absolute atomic E-state index is 10.8. The summed E-state index contributed by atoms with van der Waals surface area (Å²) in [5.74, 6) is -0.138. The molecule has 0 amide bonds. The van der Waals surface area contributed by atoms with Gasteiger partial charge in [0.1, 0.15) is 17.3 Å². The van der Waals surface area contributed by atoms with Crippen molar-refractivity contribution < 1.29 is 14.6 Å². The van der Waals surface area contributed by atoms with Crippen molar-refractivity contribution in [3.05, 3.63) is 42.0 Å².